The molecule has 0 aliphatic rings. The van der Waals surface area contributed by atoms with Crippen LogP contribution >= 0.6 is 12.6 Å². The van der Waals surface area contributed by atoms with Crippen LogP contribution in [0.5, 0.6) is 0 Å². The van der Waals surface area contributed by atoms with Crippen molar-refractivity contribution in [2.75, 3.05) is 0 Å². The Morgan fingerprint density at radius 2 is 2.40 bits per heavy atom. The first-order valence-corrected chi connectivity index (χ1v) is 3.91. The molecule has 1 rings (SSSR count). The standard InChI is InChI=1S/C7H12N2S/c1-3-4-9-5-7(10)6(2)8-9/h5,10H,3-4H2,1-2H3. The number of aromatic nitrogens is 2. The summed E-state index contributed by atoms with van der Waals surface area (Å²) in [7, 11) is 0. The first-order valence-electron chi connectivity index (χ1n) is 3.47. The van der Waals surface area contributed by atoms with Gasteiger partial charge in [-0.05, 0) is 13.3 Å². The van der Waals surface area contributed by atoms with E-state index in [2.05, 4.69) is 24.7 Å². The molecule has 0 atom stereocenters. The largest absolute Gasteiger partial charge is 0.271 e. The molecular formula is C7H12N2S. The van der Waals surface area contributed by atoms with E-state index in [1.165, 1.54) is 0 Å². The Morgan fingerprint density at radius 1 is 1.70 bits per heavy atom. The molecule has 0 saturated carbocycles. The molecule has 1 aromatic heterocycles. The molecule has 3 heteroatoms. The van der Waals surface area contributed by atoms with Gasteiger partial charge < -0.3 is 0 Å². The van der Waals surface area contributed by atoms with Crippen LogP contribution in [-0.4, -0.2) is 9.78 Å². The molecule has 10 heavy (non-hydrogen) atoms. The molecule has 0 amide bonds. The Bertz CT molecular complexity index is 198. The Balaban J connectivity index is 2.77. The topological polar surface area (TPSA) is 17.8 Å². The molecule has 0 unspecified atom stereocenters. The van der Waals surface area contributed by atoms with E-state index in [-0.39, 0.29) is 0 Å². The third kappa shape index (κ3) is 1.53. The summed E-state index contributed by atoms with van der Waals surface area (Å²) >= 11 is 4.23. The molecule has 0 N–H and O–H groups in total. The van der Waals surface area contributed by atoms with Crippen molar-refractivity contribution in [1.29, 1.82) is 0 Å². The highest BCUT2D eigenvalue weighted by Crippen LogP contribution is 2.09. The number of rotatable bonds is 2. The van der Waals surface area contributed by atoms with Gasteiger partial charge in [0.2, 0.25) is 0 Å². The summed E-state index contributed by atoms with van der Waals surface area (Å²) in [5.41, 5.74) is 1.01. The van der Waals surface area contributed by atoms with Crippen LogP contribution in [0, 0.1) is 6.92 Å². The summed E-state index contributed by atoms with van der Waals surface area (Å²) in [6.07, 6.45) is 3.08. The summed E-state index contributed by atoms with van der Waals surface area (Å²) in [4.78, 5) is 0.980. The van der Waals surface area contributed by atoms with Gasteiger partial charge >= 0.3 is 0 Å². The monoisotopic (exact) mass is 156 g/mol. The van der Waals surface area contributed by atoms with E-state index in [0.29, 0.717) is 0 Å². The van der Waals surface area contributed by atoms with Crippen LogP contribution in [0.1, 0.15) is 19.0 Å². The van der Waals surface area contributed by atoms with Crippen molar-refractivity contribution in [2.24, 2.45) is 0 Å². The Kier molecular flexibility index (Phi) is 2.38. The van der Waals surface area contributed by atoms with E-state index in [0.717, 1.165) is 23.6 Å². The maximum atomic E-state index is 4.24. The highest BCUT2D eigenvalue weighted by molar-refractivity contribution is 7.80. The van der Waals surface area contributed by atoms with Gasteiger partial charge in [0, 0.05) is 17.6 Å². The summed E-state index contributed by atoms with van der Waals surface area (Å²) in [5, 5.41) is 4.24. The summed E-state index contributed by atoms with van der Waals surface area (Å²) in [6, 6.07) is 0. The molecule has 0 spiro atoms. The smallest absolute Gasteiger partial charge is 0.0726 e. The number of nitrogens with zero attached hydrogens (tertiary/aromatic N) is 2. The maximum Gasteiger partial charge on any atom is 0.0726 e. The Morgan fingerprint density at radius 3 is 2.80 bits per heavy atom. The summed E-state index contributed by atoms with van der Waals surface area (Å²) < 4.78 is 1.93. The van der Waals surface area contributed by atoms with E-state index >= 15 is 0 Å². The lowest BCUT2D eigenvalue weighted by molar-refractivity contribution is 0.598. The Hall–Kier alpha value is -0.440. The van der Waals surface area contributed by atoms with Gasteiger partial charge in [-0.3, -0.25) is 4.68 Å². The fourth-order valence-corrected chi connectivity index (χ4v) is 1.03. The van der Waals surface area contributed by atoms with Crippen molar-refractivity contribution in [3.05, 3.63) is 11.9 Å². The SMILES string of the molecule is CCCn1cc(S)c(C)n1. The zero-order chi connectivity index (χ0) is 7.56. The van der Waals surface area contributed by atoms with E-state index < -0.39 is 0 Å². The van der Waals surface area contributed by atoms with Crippen molar-refractivity contribution in [3.63, 3.8) is 0 Å². The minimum atomic E-state index is 0.980. The van der Waals surface area contributed by atoms with Crippen LogP contribution in [0.3, 0.4) is 0 Å². The molecule has 0 radical (unpaired) electrons. The van der Waals surface area contributed by atoms with Gasteiger partial charge in [-0.1, -0.05) is 6.92 Å². The van der Waals surface area contributed by atoms with Gasteiger partial charge in [-0.15, -0.1) is 12.6 Å². The molecule has 0 bridgehead atoms. The van der Waals surface area contributed by atoms with Crippen LogP contribution in [0.2, 0.25) is 0 Å². The molecule has 1 aromatic rings. The summed E-state index contributed by atoms with van der Waals surface area (Å²) in [6.45, 7) is 5.09. The van der Waals surface area contributed by atoms with Crippen molar-refractivity contribution in [3.8, 4) is 0 Å². The van der Waals surface area contributed by atoms with Crippen molar-refractivity contribution in [2.45, 2.75) is 31.7 Å². The lowest BCUT2D eigenvalue weighted by Crippen LogP contribution is -1.96. The van der Waals surface area contributed by atoms with Gasteiger partial charge in [0.05, 0.1) is 5.69 Å². The van der Waals surface area contributed by atoms with Crippen LogP contribution < -0.4 is 0 Å². The fraction of sp³-hybridized carbons (Fsp3) is 0.571. The molecular weight excluding hydrogens is 144 g/mol. The van der Waals surface area contributed by atoms with Gasteiger partial charge in [-0.25, -0.2) is 0 Å². The number of aryl methyl sites for hydroxylation is 2. The molecule has 56 valence electrons. The first-order chi connectivity index (χ1) is 4.74. The first kappa shape index (κ1) is 7.66. The minimum Gasteiger partial charge on any atom is -0.271 e. The zero-order valence-corrected chi connectivity index (χ0v) is 7.23. The number of hydrogen-bond donors (Lipinski definition) is 1. The number of thiol groups is 1. The maximum absolute atomic E-state index is 4.24. The average Bonchev–Trinajstić information content (AvgIpc) is 2.14. The van der Waals surface area contributed by atoms with E-state index in [1.807, 2.05) is 17.8 Å². The average molecular weight is 156 g/mol. The van der Waals surface area contributed by atoms with Crippen LogP contribution in [0.15, 0.2) is 11.1 Å². The second-order valence-electron chi connectivity index (χ2n) is 2.36. The second-order valence-corrected chi connectivity index (χ2v) is 2.84. The molecule has 0 aliphatic carbocycles. The van der Waals surface area contributed by atoms with Gasteiger partial charge in [0.25, 0.3) is 0 Å². The van der Waals surface area contributed by atoms with Gasteiger partial charge in [0.1, 0.15) is 0 Å². The highest BCUT2D eigenvalue weighted by Gasteiger charge is 1.97. The van der Waals surface area contributed by atoms with E-state index in [1.54, 1.807) is 0 Å². The molecule has 0 aliphatic heterocycles. The highest BCUT2D eigenvalue weighted by atomic mass is 32.1. The normalized spacial score (nSPS) is 10.3. The molecule has 1 heterocycles. The molecule has 0 fully saturated rings. The minimum absolute atomic E-state index is 0.980. The lowest BCUT2D eigenvalue weighted by Gasteiger charge is -1.93. The third-order valence-electron chi connectivity index (χ3n) is 1.37. The molecule has 0 aromatic carbocycles. The Labute approximate surface area is 66.7 Å². The molecule has 2 nitrogen and oxygen atoms in total. The quantitative estimate of drug-likeness (QED) is 0.647. The number of hydrogen-bond acceptors (Lipinski definition) is 2. The van der Waals surface area contributed by atoms with Crippen molar-refractivity contribution in [1.82, 2.24) is 9.78 Å². The van der Waals surface area contributed by atoms with Crippen LogP contribution in [-0.2, 0) is 6.54 Å². The van der Waals surface area contributed by atoms with Gasteiger partial charge in [-0.2, -0.15) is 5.10 Å². The van der Waals surface area contributed by atoms with Crippen LogP contribution in [0.4, 0.5) is 0 Å². The van der Waals surface area contributed by atoms with Crippen molar-refractivity contribution >= 4 is 12.6 Å². The fourth-order valence-electron chi connectivity index (χ4n) is 0.851. The summed E-state index contributed by atoms with van der Waals surface area (Å²) in [5.74, 6) is 0. The van der Waals surface area contributed by atoms with E-state index in [9.17, 15) is 0 Å². The second kappa shape index (κ2) is 3.10. The van der Waals surface area contributed by atoms with E-state index in [4.69, 9.17) is 0 Å². The predicted molar refractivity (Wildman–Crippen MR) is 44.5 cm³/mol. The van der Waals surface area contributed by atoms with Crippen LogP contribution in [0.25, 0.3) is 0 Å². The van der Waals surface area contributed by atoms with Gasteiger partial charge in [0.15, 0.2) is 0 Å². The lowest BCUT2D eigenvalue weighted by atomic mass is 10.5. The third-order valence-corrected chi connectivity index (χ3v) is 1.81. The molecule has 0 saturated heterocycles. The zero-order valence-electron chi connectivity index (χ0n) is 6.33. The van der Waals surface area contributed by atoms with Crippen molar-refractivity contribution < 1.29 is 0 Å². The predicted octanol–water partition coefficient (Wildman–Crippen LogP) is 1.89.